The molecule has 3 nitrogen and oxygen atoms in total. The molecule has 4 heteroatoms. The largest absolute Gasteiger partial charge is 0.319 e. The van der Waals surface area contributed by atoms with E-state index in [1.54, 1.807) is 11.3 Å². The first kappa shape index (κ1) is 13.0. The SMILES string of the molecule is CCCC(=O)N=c1sc2cccc(CC)c2n1C. The molecule has 1 aromatic heterocycles. The van der Waals surface area contributed by atoms with E-state index in [-0.39, 0.29) is 5.91 Å². The Morgan fingerprint density at radius 2 is 2.17 bits per heavy atom. The number of rotatable bonds is 3. The fourth-order valence-corrected chi connectivity index (χ4v) is 3.14. The van der Waals surface area contributed by atoms with Crippen LogP contribution in [0.1, 0.15) is 32.3 Å². The lowest BCUT2D eigenvalue weighted by Gasteiger charge is -2.01. The predicted molar refractivity (Wildman–Crippen MR) is 75.7 cm³/mol. The van der Waals surface area contributed by atoms with Gasteiger partial charge in [-0.25, -0.2) is 0 Å². The van der Waals surface area contributed by atoms with Gasteiger partial charge in [0.05, 0.1) is 10.2 Å². The molecule has 0 saturated heterocycles. The summed E-state index contributed by atoms with van der Waals surface area (Å²) in [5.41, 5.74) is 2.50. The van der Waals surface area contributed by atoms with Crippen molar-refractivity contribution in [3.8, 4) is 0 Å². The number of thiazole rings is 1. The summed E-state index contributed by atoms with van der Waals surface area (Å²) in [5, 5.41) is 0. The Morgan fingerprint density at radius 3 is 2.83 bits per heavy atom. The highest BCUT2D eigenvalue weighted by Crippen LogP contribution is 2.21. The lowest BCUT2D eigenvalue weighted by molar-refractivity contribution is -0.118. The molecule has 18 heavy (non-hydrogen) atoms. The van der Waals surface area contributed by atoms with Crippen LogP contribution in [0.2, 0.25) is 0 Å². The van der Waals surface area contributed by atoms with E-state index in [9.17, 15) is 4.79 Å². The number of hydrogen-bond donors (Lipinski definition) is 0. The van der Waals surface area contributed by atoms with Crippen molar-refractivity contribution in [2.45, 2.75) is 33.1 Å². The highest BCUT2D eigenvalue weighted by molar-refractivity contribution is 7.16. The molecule has 0 N–H and O–H groups in total. The Balaban J connectivity index is 2.61. The van der Waals surface area contributed by atoms with E-state index >= 15 is 0 Å². The van der Waals surface area contributed by atoms with Crippen molar-refractivity contribution in [1.29, 1.82) is 0 Å². The standard InChI is InChI=1S/C14H18N2OS/c1-4-7-12(17)15-14-16(3)13-10(5-2)8-6-9-11(13)18-14/h6,8-9H,4-5,7H2,1-3H3. The van der Waals surface area contributed by atoms with Gasteiger partial charge in [-0.05, 0) is 24.5 Å². The van der Waals surface area contributed by atoms with Crippen LogP contribution in [-0.4, -0.2) is 10.5 Å². The zero-order chi connectivity index (χ0) is 13.1. The molecule has 0 bridgehead atoms. The van der Waals surface area contributed by atoms with Crippen LogP contribution in [-0.2, 0) is 18.3 Å². The maximum atomic E-state index is 11.6. The monoisotopic (exact) mass is 262 g/mol. The second kappa shape index (κ2) is 5.48. The molecule has 1 heterocycles. The molecule has 0 aliphatic heterocycles. The lowest BCUT2D eigenvalue weighted by atomic mass is 10.1. The van der Waals surface area contributed by atoms with E-state index in [1.165, 1.54) is 15.8 Å². The van der Waals surface area contributed by atoms with Crippen LogP contribution < -0.4 is 4.80 Å². The summed E-state index contributed by atoms with van der Waals surface area (Å²) in [6.45, 7) is 4.14. The Morgan fingerprint density at radius 1 is 1.39 bits per heavy atom. The van der Waals surface area contributed by atoms with Crippen LogP contribution >= 0.6 is 11.3 Å². The van der Waals surface area contributed by atoms with Gasteiger partial charge in [0.15, 0.2) is 4.80 Å². The first-order valence-electron chi connectivity index (χ1n) is 6.32. The molecule has 0 fully saturated rings. The predicted octanol–water partition coefficient (Wildman–Crippen LogP) is 3.03. The Kier molecular flexibility index (Phi) is 3.97. The van der Waals surface area contributed by atoms with Crippen molar-refractivity contribution in [3.63, 3.8) is 0 Å². The quantitative estimate of drug-likeness (QED) is 0.837. The van der Waals surface area contributed by atoms with Crippen molar-refractivity contribution in [2.24, 2.45) is 12.0 Å². The zero-order valence-electron chi connectivity index (χ0n) is 11.1. The third-order valence-electron chi connectivity index (χ3n) is 2.97. The van der Waals surface area contributed by atoms with Gasteiger partial charge in [0.2, 0.25) is 5.91 Å². The molecule has 0 unspecified atom stereocenters. The lowest BCUT2D eigenvalue weighted by Crippen LogP contribution is -2.13. The van der Waals surface area contributed by atoms with Crippen molar-refractivity contribution in [3.05, 3.63) is 28.6 Å². The molecule has 96 valence electrons. The van der Waals surface area contributed by atoms with Crippen molar-refractivity contribution in [2.75, 3.05) is 0 Å². The van der Waals surface area contributed by atoms with Gasteiger partial charge in [0.1, 0.15) is 0 Å². The summed E-state index contributed by atoms with van der Waals surface area (Å²) < 4.78 is 3.23. The number of carbonyl (C=O) groups excluding carboxylic acids is 1. The number of amides is 1. The number of nitrogens with zero attached hydrogens (tertiary/aromatic N) is 2. The van der Waals surface area contributed by atoms with E-state index < -0.39 is 0 Å². The third-order valence-corrected chi connectivity index (χ3v) is 4.07. The summed E-state index contributed by atoms with van der Waals surface area (Å²) >= 11 is 1.58. The molecule has 0 aliphatic rings. The van der Waals surface area contributed by atoms with E-state index in [0.29, 0.717) is 6.42 Å². The molecule has 0 atom stereocenters. The smallest absolute Gasteiger partial charge is 0.248 e. The van der Waals surface area contributed by atoms with Crippen LogP contribution in [0.3, 0.4) is 0 Å². The average Bonchev–Trinajstić information content (AvgIpc) is 2.67. The van der Waals surface area contributed by atoms with E-state index in [2.05, 4.69) is 30.1 Å². The number of aryl methyl sites for hydroxylation is 2. The molecule has 0 saturated carbocycles. The van der Waals surface area contributed by atoms with E-state index in [0.717, 1.165) is 17.6 Å². The number of carbonyl (C=O) groups is 1. The van der Waals surface area contributed by atoms with Gasteiger partial charge in [-0.3, -0.25) is 4.79 Å². The van der Waals surface area contributed by atoms with Gasteiger partial charge in [-0.2, -0.15) is 4.99 Å². The highest BCUT2D eigenvalue weighted by atomic mass is 32.1. The van der Waals surface area contributed by atoms with Crippen molar-refractivity contribution in [1.82, 2.24) is 4.57 Å². The Bertz CT molecular complexity index is 637. The molecule has 1 amide bonds. The van der Waals surface area contributed by atoms with Crippen molar-refractivity contribution >= 4 is 27.5 Å². The Labute approximate surface area is 111 Å². The van der Waals surface area contributed by atoms with Gasteiger partial charge in [-0.1, -0.05) is 37.3 Å². The molecule has 2 rings (SSSR count). The number of fused-ring (bicyclic) bond motifs is 1. The van der Waals surface area contributed by atoms with Gasteiger partial charge >= 0.3 is 0 Å². The third kappa shape index (κ3) is 2.38. The fraction of sp³-hybridized carbons (Fsp3) is 0.429. The average molecular weight is 262 g/mol. The number of hydrogen-bond acceptors (Lipinski definition) is 2. The number of para-hydroxylation sites is 1. The van der Waals surface area contributed by atoms with Crippen LogP contribution in [0.15, 0.2) is 23.2 Å². The summed E-state index contributed by atoms with van der Waals surface area (Å²) in [6.07, 6.45) is 2.36. The maximum Gasteiger partial charge on any atom is 0.248 e. The van der Waals surface area contributed by atoms with E-state index in [4.69, 9.17) is 0 Å². The summed E-state index contributed by atoms with van der Waals surface area (Å²) in [5.74, 6) is -0.0299. The second-order valence-electron chi connectivity index (χ2n) is 4.32. The minimum atomic E-state index is -0.0299. The molecule has 2 aromatic rings. The Hall–Kier alpha value is -1.42. The number of aromatic nitrogens is 1. The minimum Gasteiger partial charge on any atom is -0.319 e. The summed E-state index contributed by atoms with van der Waals surface area (Å²) in [4.78, 5) is 16.6. The van der Waals surface area contributed by atoms with Gasteiger partial charge in [0, 0.05) is 13.5 Å². The normalized spacial score (nSPS) is 12.3. The van der Waals surface area contributed by atoms with Gasteiger partial charge in [0.25, 0.3) is 0 Å². The summed E-state index contributed by atoms with van der Waals surface area (Å²) in [6, 6.07) is 6.28. The summed E-state index contributed by atoms with van der Waals surface area (Å²) in [7, 11) is 1.98. The highest BCUT2D eigenvalue weighted by Gasteiger charge is 2.07. The second-order valence-corrected chi connectivity index (χ2v) is 5.33. The van der Waals surface area contributed by atoms with Gasteiger partial charge in [-0.15, -0.1) is 0 Å². The first-order valence-corrected chi connectivity index (χ1v) is 7.14. The molecular formula is C14H18N2OS. The van der Waals surface area contributed by atoms with Gasteiger partial charge < -0.3 is 4.57 Å². The maximum absolute atomic E-state index is 11.6. The first-order chi connectivity index (χ1) is 8.67. The van der Waals surface area contributed by atoms with Crippen LogP contribution in [0.25, 0.3) is 10.2 Å². The van der Waals surface area contributed by atoms with Crippen LogP contribution in [0, 0.1) is 0 Å². The molecule has 0 aliphatic carbocycles. The minimum absolute atomic E-state index is 0.0299. The molecule has 1 aromatic carbocycles. The topological polar surface area (TPSA) is 34.4 Å². The molecule has 0 radical (unpaired) electrons. The molecule has 0 spiro atoms. The van der Waals surface area contributed by atoms with Crippen molar-refractivity contribution < 1.29 is 4.79 Å². The fourth-order valence-electron chi connectivity index (χ4n) is 2.05. The van der Waals surface area contributed by atoms with Crippen LogP contribution in [0.5, 0.6) is 0 Å². The number of benzene rings is 1. The molecular weight excluding hydrogens is 244 g/mol. The zero-order valence-corrected chi connectivity index (χ0v) is 11.9. The van der Waals surface area contributed by atoms with Crippen LogP contribution in [0.4, 0.5) is 0 Å². The van der Waals surface area contributed by atoms with E-state index in [1.807, 2.05) is 18.5 Å².